The van der Waals surface area contributed by atoms with Gasteiger partial charge in [-0.2, -0.15) is 5.26 Å². The number of aliphatic hydroxyl groups is 1. The highest BCUT2D eigenvalue weighted by atomic mass is 16.3. The first-order valence-corrected chi connectivity index (χ1v) is 6.70. The van der Waals surface area contributed by atoms with E-state index in [2.05, 4.69) is 17.9 Å². The molecule has 0 saturated heterocycles. The molecule has 96 valence electrons. The van der Waals surface area contributed by atoms with Crippen molar-refractivity contribution in [3.8, 4) is 6.07 Å². The lowest BCUT2D eigenvalue weighted by molar-refractivity contribution is 0.282. The van der Waals surface area contributed by atoms with Gasteiger partial charge < -0.3 is 10.0 Å². The van der Waals surface area contributed by atoms with Gasteiger partial charge in [0.15, 0.2) is 0 Å². The van der Waals surface area contributed by atoms with Gasteiger partial charge in [0, 0.05) is 12.6 Å². The molecule has 0 aliphatic heterocycles. The molecule has 1 aliphatic carbocycles. The van der Waals surface area contributed by atoms with Crippen molar-refractivity contribution in [3.63, 3.8) is 0 Å². The molecule has 3 nitrogen and oxygen atoms in total. The average molecular weight is 244 g/mol. The summed E-state index contributed by atoms with van der Waals surface area (Å²) >= 11 is 0. The van der Waals surface area contributed by atoms with Gasteiger partial charge in [0.05, 0.1) is 17.9 Å². The highest BCUT2D eigenvalue weighted by Gasteiger charge is 2.23. The van der Waals surface area contributed by atoms with Gasteiger partial charge in [-0.3, -0.25) is 0 Å². The summed E-state index contributed by atoms with van der Waals surface area (Å²) in [5, 5.41) is 18.4. The normalized spacial score (nSPS) is 15.6. The Labute approximate surface area is 109 Å². The van der Waals surface area contributed by atoms with Crippen LogP contribution in [0, 0.1) is 11.3 Å². The number of benzene rings is 1. The third-order valence-corrected chi connectivity index (χ3v) is 3.78. The van der Waals surface area contributed by atoms with E-state index in [1.54, 1.807) is 6.07 Å². The molecule has 1 fully saturated rings. The number of hydrogen-bond donors (Lipinski definition) is 1. The van der Waals surface area contributed by atoms with E-state index in [0.29, 0.717) is 11.6 Å². The quantitative estimate of drug-likeness (QED) is 0.886. The van der Waals surface area contributed by atoms with Crippen LogP contribution in [0.15, 0.2) is 18.2 Å². The lowest BCUT2D eigenvalue weighted by atomic mass is 10.1. The highest BCUT2D eigenvalue weighted by Crippen LogP contribution is 2.30. The second kappa shape index (κ2) is 5.88. The number of aliphatic hydroxyl groups excluding tert-OH is 1. The van der Waals surface area contributed by atoms with Crippen LogP contribution in [0.5, 0.6) is 0 Å². The molecule has 0 aromatic heterocycles. The van der Waals surface area contributed by atoms with Crippen molar-refractivity contribution >= 4 is 5.69 Å². The molecule has 0 spiro atoms. The molecule has 0 bridgehead atoms. The van der Waals surface area contributed by atoms with Crippen molar-refractivity contribution in [2.75, 3.05) is 11.4 Å². The maximum absolute atomic E-state index is 9.27. The Balaban J connectivity index is 2.32. The Morgan fingerprint density at radius 2 is 2.11 bits per heavy atom. The zero-order chi connectivity index (χ0) is 13.0. The van der Waals surface area contributed by atoms with Crippen molar-refractivity contribution in [2.24, 2.45) is 0 Å². The third kappa shape index (κ3) is 2.49. The van der Waals surface area contributed by atoms with E-state index in [4.69, 9.17) is 5.11 Å². The number of anilines is 1. The molecular formula is C15H20N2O. The molecule has 1 aromatic rings. The summed E-state index contributed by atoms with van der Waals surface area (Å²) in [4.78, 5) is 2.34. The van der Waals surface area contributed by atoms with E-state index in [-0.39, 0.29) is 6.61 Å². The SMILES string of the molecule is CCN(c1ccc(CO)cc1C#N)C1CCCC1. The summed E-state index contributed by atoms with van der Waals surface area (Å²) in [5.41, 5.74) is 2.50. The van der Waals surface area contributed by atoms with E-state index in [9.17, 15) is 5.26 Å². The number of nitriles is 1. The van der Waals surface area contributed by atoms with Gasteiger partial charge >= 0.3 is 0 Å². The molecule has 0 amide bonds. The maximum atomic E-state index is 9.27. The molecular weight excluding hydrogens is 224 g/mol. The van der Waals surface area contributed by atoms with Crippen molar-refractivity contribution in [3.05, 3.63) is 29.3 Å². The van der Waals surface area contributed by atoms with Crippen LogP contribution in [-0.4, -0.2) is 17.7 Å². The summed E-state index contributed by atoms with van der Waals surface area (Å²) in [6.07, 6.45) is 5.02. The van der Waals surface area contributed by atoms with Crippen LogP contribution in [-0.2, 0) is 6.61 Å². The van der Waals surface area contributed by atoms with E-state index in [1.165, 1.54) is 25.7 Å². The Hall–Kier alpha value is -1.53. The topological polar surface area (TPSA) is 47.3 Å². The van der Waals surface area contributed by atoms with Gasteiger partial charge in [0.2, 0.25) is 0 Å². The largest absolute Gasteiger partial charge is 0.392 e. The fraction of sp³-hybridized carbons (Fsp3) is 0.533. The first kappa shape index (κ1) is 12.9. The molecule has 1 aromatic carbocycles. The van der Waals surface area contributed by atoms with Crippen LogP contribution in [0.3, 0.4) is 0 Å². The summed E-state index contributed by atoms with van der Waals surface area (Å²) in [7, 11) is 0. The molecule has 18 heavy (non-hydrogen) atoms. The summed E-state index contributed by atoms with van der Waals surface area (Å²) in [6, 6.07) is 8.51. The van der Waals surface area contributed by atoms with Crippen molar-refractivity contribution in [1.82, 2.24) is 0 Å². The third-order valence-electron chi connectivity index (χ3n) is 3.78. The van der Waals surface area contributed by atoms with Crippen LogP contribution in [0.25, 0.3) is 0 Å². The monoisotopic (exact) mass is 244 g/mol. The Morgan fingerprint density at radius 1 is 1.39 bits per heavy atom. The van der Waals surface area contributed by atoms with E-state index < -0.39 is 0 Å². The molecule has 3 heteroatoms. The number of rotatable bonds is 4. The number of hydrogen-bond acceptors (Lipinski definition) is 3. The highest BCUT2D eigenvalue weighted by molar-refractivity contribution is 5.61. The van der Waals surface area contributed by atoms with E-state index in [0.717, 1.165) is 17.8 Å². The molecule has 0 heterocycles. The van der Waals surface area contributed by atoms with E-state index in [1.807, 2.05) is 12.1 Å². The van der Waals surface area contributed by atoms with Gasteiger partial charge in [0.1, 0.15) is 6.07 Å². The van der Waals surface area contributed by atoms with Crippen LogP contribution in [0.2, 0.25) is 0 Å². The van der Waals surface area contributed by atoms with E-state index >= 15 is 0 Å². The van der Waals surface area contributed by atoms with Crippen LogP contribution in [0.1, 0.15) is 43.7 Å². The summed E-state index contributed by atoms with van der Waals surface area (Å²) in [5.74, 6) is 0. The number of nitrogens with zero attached hydrogens (tertiary/aromatic N) is 2. The lowest BCUT2D eigenvalue weighted by Gasteiger charge is -2.30. The molecule has 2 rings (SSSR count). The summed E-state index contributed by atoms with van der Waals surface area (Å²) in [6.45, 7) is 3.06. The first-order chi connectivity index (χ1) is 8.80. The fourth-order valence-corrected chi connectivity index (χ4v) is 2.86. The smallest absolute Gasteiger partial charge is 0.101 e. The molecule has 1 saturated carbocycles. The predicted octanol–water partition coefficient (Wildman–Crippen LogP) is 2.82. The van der Waals surface area contributed by atoms with Gasteiger partial charge in [0.25, 0.3) is 0 Å². The lowest BCUT2D eigenvalue weighted by Crippen LogP contribution is -2.33. The second-order valence-electron chi connectivity index (χ2n) is 4.85. The summed E-state index contributed by atoms with van der Waals surface area (Å²) < 4.78 is 0. The Bertz CT molecular complexity index is 444. The predicted molar refractivity (Wildman–Crippen MR) is 72.4 cm³/mol. The molecule has 0 atom stereocenters. The zero-order valence-electron chi connectivity index (χ0n) is 10.9. The van der Waals surface area contributed by atoms with Crippen LogP contribution < -0.4 is 4.90 Å². The van der Waals surface area contributed by atoms with Crippen LogP contribution >= 0.6 is 0 Å². The molecule has 0 radical (unpaired) electrons. The van der Waals surface area contributed by atoms with Crippen molar-refractivity contribution in [2.45, 2.75) is 45.3 Å². The molecule has 1 N–H and O–H groups in total. The minimum Gasteiger partial charge on any atom is -0.392 e. The Morgan fingerprint density at radius 3 is 2.67 bits per heavy atom. The standard InChI is InChI=1S/C15H20N2O/c1-2-17(14-5-3-4-6-14)15-8-7-12(11-18)9-13(15)10-16/h7-9,14,18H,2-6,11H2,1H3. The maximum Gasteiger partial charge on any atom is 0.101 e. The minimum atomic E-state index is -0.00941. The van der Waals surface area contributed by atoms with Gasteiger partial charge in [-0.1, -0.05) is 18.9 Å². The van der Waals surface area contributed by atoms with Crippen molar-refractivity contribution < 1.29 is 5.11 Å². The zero-order valence-corrected chi connectivity index (χ0v) is 10.9. The van der Waals surface area contributed by atoms with Crippen molar-refractivity contribution in [1.29, 1.82) is 5.26 Å². The van der Waals surface area contributed by atoms with Gasteiger partial charge in [-0.25, -0.2) is 0 Å². The van der Waals surface area contributed by atoms with Crippen LogP contribution in [0.4, 0.5) is 5.69 Å². The molecule has 0 unspecified atom stereocenters. The first-order valence-electron chi connectivity index (χ1n) is 6.70. The Kier molecular flexibility index (Phi) is 4.22. The van der Waals surface area contributed by atoms with Gasteiger partial charge in [-0.15, -0.1) is 0 Å². The molecule has 1 aliphatic rings. The minimum absolute atomic E-state index is 0.00941. The van der Waals surface area contributed by atoms with Gasteiger partial charge in [-0.05, 0) is 37.5 Å². The second-order valence-corrected chi connectivity index (χ2v) is 4.85. The average Bonchev–Trinajstić information content (AvgIpc) is 2.94. The fourth-order valence-electron chi connectivity index (χ4n) is 2.86.